The number of nitrogens with zero attached hydrogens (tertiary/aromatic N) is 5. The van der Waals surface area contributed by atoms with Crippen molar-refractivity contribution in [1.29, 1.82) is 0 Å². The molecule has 4 rings (SSSR count). The molecule has 3 N–H and O–H groups in total. The number of benzene rings is 1. The van der Waals surface area contributed by atoms with Crippen LogP contribution in [0.4, 0.5) is 11.6 Å². The van der Waals surface area contributed by atoms with E-state index >= 15 is 0 Å². The summed E-state index contributed by atoms with van der Waals surface area (Å²) in [5.41, 5.74) is 5.95. The Kier molecular flexibility index (Phi) is 7.72. The van der Waals surface area contributed by atoms with Crippen LogP contribution in [0.25, 0.3) is 17.4 Å². The topological polar surface area (TPSA) is 137 Å². The third-order valence-corrected chi connectivity index (χ3v) is 6.51. The molecule has 1 aliphatic heterocycles. The zero-order valence-electron chi connectivity index (χ0n) is 21.4. The minimum Gasteiger partial charge on any atom is -0.340 e. The highest BCUT2D eigenvalue weighted by molar-refractivity contribution is 6.04. The number of nitrogens with one attached hydrogen (secondary N) is 1. The molecule has 0 spiro atoms. The van der Waals surface area contributed by atoms with Gasteiger partial charge in [-0.15, -0.1) is 0 Å². The van der Waals surface area contributed by atoms with Crippen molar-refractivity contribution in [1.82, 2.24) is 18.7 Å². The molecule has 1 aromatic carbocycles. The second-order valence-corrected chi connectivity index (χ2v) is 9.20. The van der Waals surface area contributed by atoms with Crippen LogP contribution in [0.15, 0.2) is 39.9 Å². The van der Waals surface area contributed by atoms with Gasteiger partial charge in [-0.25, -0.2) is 4.79 Å². The van der Waals surface area contributed by atoms with E-state index in [1.807, 2.05) is 17.9 Å². The van der Waals surface area contributed by atoms with Crippen LogP contribution in [0.2, 0.25) is 0 Å². The van der Waals surface area contributed by atoms with E-state index < -0.39 is 23.6 Å². The molecule has 11 nitrogen and oxygen atoms in total. The third-order valence-electron chi connectivity index (χ3n) is 6.51. The maximum Gasteiger partial charge on any atom is 0.332 e. The fourth-order valence-corrected chi connectivity index (χ4v) is 4.54. The summed E-state index contributed by atoms with van der Waals surface area (Å²) < 4.78 is 3.90. The van der Waals surface area contributed by atoms with E-state index in [2.05, 4.69) is 10.3 Å². The van der Waals surface area contributed by atoms with Gasteiger partial charge in [-0.05, 0) is 31.4 Å². The summed E-state index contributed by atoms with van der Waals surface area (Å²) in [7, 11) is 1.53. The van der Waals surface area contributed by atoms with Crippen LogP contribution in [0, 0.1) is 0 Å². The van der Waals surface area contributed by atoms with Gasteiger partial charge in [0.2, 0.25) is 11.9 Å². The maximum atomic E-state index is 13.7. The van der Waals surface area contributed by atoms with Crippen LogP contribution in [0.5, 0.6) is 0 Å². The molecule has 1 saturated heterocycles. The quantitative estimate of drug-likeness (QED) is 0.445. The fourth-order valence-electron chi connectivity index (χ4n) is 4.54. The second kappa shape index (κ2) is 11.0. The van der Waals surface area contributed by atoms with Gasteiger partial charge in [0.25, 0.3) is 5.56 Å². The van der Waals surface area contributed by atoms with E-state index in [9.17, 15) is 19.2 Å². The number of nitrogens with two attached hydrogens (primary N) is 1. The molecule has 11 heteroatoms. The molecular formula is C26H33N7O4. The number of Topliss-reactive ketones (excluding diaryl/α,β-unsaturated/α-hetero) is 1. The molecule has 1 unspecified atom stereocenters. The number of piperidine rings is 1. The minimum atomic E-state index is -0.646. The first-order valence-corrected chi connectivity index (χ1v) is 12.6. The number of ketones is 1. The lowest BCUT2D eigenvalue weighted by atomic mass is 10.1. The Bertz CT molecular complexity index is 1480. The number of aryl methyl sites for hydroxylation is 1. The largest absolute Gasteiger partial charge is 0.340 e. The van der Waals surface area contributed by atoms with E-state index in [0.29, 0.717) is 18.2 Å². The summed E-state index contributed by atoms with van der Waals surface area (Å²) in [5.74, 6) is -0.173. The van der Waals surface area contributed by atoms with Crippen LogP contribution in [-0.2, 0) is 18.4 Å². The second-order valence-electron chi connectivity index (χ2n) is 9.20. The molecule has 0 aliphatic carbocycles. The molecule has 196 valence electrons. The number of rotatable bonds is 8. The first-order chi connectivity index (χ1) is 17.8. The van der Waals surface area contributed by atoms with Crippen molar-refractivity contribution in [2.24, 2.45) is 12.8 Å². The number of anilines is 2. The minimum absolute atomic E-state index is 0.0106. The number of aromatic nitrogens is 4. The SMILES string of the molecule is CC/C=C/n1c(N2CCCC(N)C2)nc2c1c(=O)n(CC(=O)c1ccccc1NC(=O)CC)c(=O)n2C. The van der Waals surface area contributed by atoms with Gasteiger partial charge in [0, 0.05) is 44.4 Å². The Morgan fingerprint density at radius 2 is 1.97 bits per heavy atom. The molecule has 0 saturated carbocycles. The number of hydrogen-bond donors (Lipinski definition) is 2. The molecule has 0 bridgehead atoms. The van der Waals surface area contributed by atoms with Crippen LogP contribution in [0.3, 0.4) is 0 Å². The van der Waals surface area contributed by atoms with Crippen LogP contribution < -0.4 is 27.2 Å². The number of para-hydroxylation sites is 1. The van der Waals surface area contributed by atoms with Crippen molar-refractivity contribution < 1.29 is 9.59 Å². The molecule has 1 fully saturated rings. The lowest BCUT2D eigenvalue weighted by Gasteiger charge is -2.31. The number of carbonyl (C=O) groups excluding carboxylic acids is 2. The Morgan fingerprint density at radius 3 is 2.68 bits per heavy atom. The first kappa shape index (κ1) is 26.1. The number of carbonyl (C=O) groups is 2. The smallest absolute Gasteiger partial charge is 0.332 e. The summed E-state index contributed by atoms with van der Waals surface area (Å²) in [4.78, 5) is 58.9. The molecule has 1 aliphatic rings. The standard InChI is InChI=1S/C26H33N7O4/c1-4-6-14-32-22-23(29-25(32)31-13-9-10-17(27)15-31)30(3)26(37)33(24(22)36)16-20(34)18-11-7-8-12-19(18)28-21(35)5-2/h6-8,11-12,14,17H,4-5,9-10,13,15-16,27H2,1-3H3,(H,28,35)/b14-6+. The molecule has 37 heavy (non-hydrogen) atoms. The lowest BCUT2D eigenvalue weighted by Crippen LogP contribution is -2.43. The van der Waals surface area contributed by atoms with Crippen molar-refractivity contribution in [3.05, 3.63) is 56.7 Å². The highest BCUT2D eigenvalue weighted by Gasteiger charge is 2.26. The van der Waals surface area contributed by atoms with Crippen molar-refractivity contribution in [3.63, 3.8) is 0 Å². The van der Waals surface area contributed by atoms with Gasteiger partial charge in [-0.1, -0.05) is 32.1 Å². The molecular weight excluding hydrogens is 474 g/mol. The van der Waals surface area contributed by atoms with E-state index in [1.165, 1.54) is 11.6 Å². The van der Waals surface area contributed by atoms with Gasteiger partial charge >= 0.3 is 5.69 Å². The van der Waals surface area contributed by atoms with Gasteiger partial charge in [-0.3, -0.25) is 28.1 Å². The molecule has 1 amide bonds. The zero-order valence-corrected chi connectivity index (χ0v) is 21.4. The zero-order chi connectivity index (χ0) is 26.7. The summed E-state index contributed by atoms with van der Waals surface area (Å²) >= 11 is 0. The van der Waals surface area contributed by atoms with E-state index in [-0.39, 0.29) is 35.1 Å². The average Bonchev–Trinajstić information content (AvgIpc) is 3.28. The van der Waals surface area contributed by atoms with Gasteiger partial charge in [0.15, 0.2) is 16.9 Å². The highest BCUT2D eigenvalue weighted by atomic mass is 16.2. The first-order valence-electron chi connectivity index (χ1n) is 12.6. The number of imidazole rings is 1. The number of amides is 1. The number of fused-ring (bicyclic) bond motifs is 1. The van der Waals surface area contributed by atoms with Crippen LogP contribution in [-0.4, -0.2) is 49.5 Å². The van der Waals surface area contributed by atoms with Crippen molar-refractivity contribution in [2.45, 2.75) is 52.1 Å². The Hall–Kier alpha value is -3.99. The van der Waals surface area contributed by atoms with Gasteiger partial charge in [-0.2, -0.15) is 4.98 Å². The van der Waals surface area contributed by atoms with E-state index in [4.69, 9.17) is 5.73 Å². The van der Waals surface area contributed by atoms with Gasteiger partial charge in [0.1, 0.15) is 0 Å². The van der Waals surface area contributed by atoms with Gasteiger partial charge < -0.3 is 16.0 Å². The van der Waals surface area contributed by atoms with Crippen LogP contribution in [0.1, 0.15) is 49.9 Å². The van der Waals surface area contributed by atoms with E-state index in [0.717, 1.165) is 30.4 Å². The summed E-state index contributed by atoms with van der Waals surface area (Å²) in [6, 6.07) is 6.53. The number of hydrogen-bond acceptors (Lipinski definition) is 7. The summed E-state index contributed by atoms with van der Waals surface area (Å²) in [5, 5.41) is 2.70. The number of allylic oxidation sites excluding steroid dienone is 1. The fraction of sp³-hybridized carbons (Fsp3) is 0.423. The summed E-state index contributed by atoms with van der Waals surface area (Å²) in [6.45, 7) is 4.53. The molecule has 3 aromatic rings. The average molecular weight is 508 g/mol. The normalized spacial score (nSPS) is 16.0. The van der Waals surface area contributed by atoms with Gasteiger partial charge in [0.05, 0.1) is 12.2 Å². The Morgan fingerprint density at radius 1 is 1.22 bits per heavy atom. The maximum absolute atomic E-state index is 13.7. The Balaban J connectivity index is 1.83. The van der Waals surface area contributed by atoms with E-state index in [1.54, 1.807) is 42.0 Å². The van der Waals surface area contributed by atoms with Crippen molar-refractivity contribution in [3.8, 4) is 0 Å². The monoisotopic (exact) mass is 507 g/mol. The van der Waals surface area contributed by atoms with Crippen molar-refractivity contribution in [2.75, 3.05) is 23.3 Å². The molecule has 3 heterocycles. The predicted molar refractivity (Wildman–Crippen MR) is 144 cm³/mol. The molecule has 2 aromatic heterocycles. The highest BCUT2D eigenvalue weighted by Crippen LogP contribution is 2.23. The summed E-state index contributed by atoms with van der Waals surface area (Å²) in [6.07, 6.45) is 6.47. The molecule has 1 atom stereocenters. The van der Waals surface area contributed by atoms with Crippen molar-refractivity contribution >= 4 is 40.7 Å². The third kappa shape index (κ3) is 5.12. The lowest BCUT2D eigenvalue weighted by molar-refractivity contribution is -0.115. The Labute approximate surface area is 214 Å². The van der Waals surface area contributed by atoms with Crippen LogP contribution >= 0.6 is 0 Å². The predicted octanol–water partition coefficient (Wildman–Crippen LogP) is 1.94. The molecule has 0 radical (unpaired) electrons.